The van der Waals surface area contributed by atoms with Gasteiger partial charge in [0.2, 0.25) is 5.91 Å². The highest BCUT2D eigenvalue weighted by molar-refractivity contribution is 7.92. The van der Waals surface area contributed by atoms with Gasteiger partial charge in [-0.3, -0.25) is 9.10 Å². The molecule has 0 aromatic heterocycles. The van der Waals surface area contributed by atoms with Crippen LogP contribution in [0.1, 0.15) is 13.3 Å². The highest BCUT2D eigenvalue weighted by Gasteiger charge is 2.37. The molecule has 3 rings (SSSR count). The lowest BCUT2D eigenvalue weighted by Gasteiger charge is -2.29. The zero-order chi connectivity index (χ0) is 17.5. The second-order valence-corrected chi connectivity index (χ2v) is 7.51. The minimum Gasteiger partial charge on any atom is -0.313 e. The number of sulfonamides is 1. The predicted molar refractivity (Wildman–Crippen MR) is 90.0 cm³/mol. The van der Waals surface area contributed by atoms with E-state index in [0.29, 0.717) is 11.4 Å². The van der Waals surface area contributed by atoms with Gasteiger partial charge in [0.25, 0.3) is 10.0 Å². The third-order valence-electron chi connectivity index (χ3n) is 4.10. The standard InChI is InChI=1S/C17H17FN2O3S/c1-12-11-17(21)19(2)14-8-4-5-9-15(14)20(12)24(22,23)16-10-6-3-7-13(16)18/h3-10,12H,11H2,1-2H3/t12-/m0/s1. The molecule has 7 heteroatoms. The third-order valence-corrected chi connectivity index (χ3v) is 6.06. The summed E-state index contributed by atoms with van der Waals surface area (Å²) in [6, 6.07) is 11.3. The molecule has 0 saturated carbocycles. The SMILES string of the molecule is C[C@H]1CC(=O)N(C)c2ccccc2N1S(=O)(=O)c1ccccc1F. The molecule has 0 spiro atoms. The Morgan fingerprint density at radius 2 is 1.62 bits per heavy atom. The summed E-state index contributed by atoms with van der Waals surface area (Å²) in [4.78, 5) is 13.3. The fourth-order valence-corrected chi connectivity index (χ4v) is 4.64. The molecule has 126 valence electrons. The van der Waals surface area contributed by atoms with Gasteiger partial charge < -0.3 is 4.90 Å². The van der Waals surface area contributed by atoms with Crippen molar-refractivity contribution in [1.82, 2.24) is 0 Å². The number of anilines is 2. The maximum atomic E-state index is 14.1. The molecule has 0 saturated heterocycles. The fourth-order valence-electron chi connectivity index (χ4n) is 2.90. The molecule has 24 heavy (non-hydrogen) atoms. The van der Waals surface area contributed by atoms with Gasteiger partial charge in [-0.2, -0.15) is 0 Å². The number of para-hydroxylation sites is 2. The Morgan fingerprint density at radius 3 is 2.29 bits per heavy atom. The first-order valence-corrected chi connectivity index (χ1v) is 8.92. The van der Waals surface area contributed by atoms with Crippen molar-refractivity contribution in [3.05, 3.63) is 54.3 Å². The Balaban J connectivity index is 2.24. The van der Waals surface area contributed by atoms with E-state index in [1.165, 1.54) is 23.1 Å². The number of amides is 1. The highest BCUT2D eigenvalue weighted by atomic mass is 32.2. The molecule has 1 aliphatic heterocycles. The van der Waals surface area contributed by atoms with Gasteiger partial charge >= 0.3 is 0 Å². The van der Waals surface area contributed by atoms with Crippen LogP contribution in [-0.4, -0.2) is 27.4 Å². The molecule has 5 nitrogen and oxygen atoms in total. The second kappa shape index (κ2) is 5.90. The van der Waals surface area contributed by atoms with Crippen molar-refractivity contribution in [3.63, 3.8) is 0 Å². The summed E-state index contributed by atoms with van der Waals surface area (Å²) in [5.74, 6) is -1.01. The van der Waals surface area contributed by atoms with Crippen LogP contribution >= 0.6 is 0 Å². The molecule has 1 amide bonds. The summed E-state index contributed by atoms with van der Waals surface area (Å²) in [6.45, 7) is 1.65. The minimum atomic E-state index is -4.15. The summed E-state index contributed by atoms with van der Waals surface area (Å²) in [5, 5.41) is 0. The molecule has 0 aliphatic carbocycles. The average molecular weight is 348 g/mol. The molecular weight excluding hydrogens is 331 g/mol. The van der Waals surface area contributed by atoms with Crippen molar-refractivity contribution >= 4 is 27.3 Å². The van der Waals surface area contributed by atoms with E-state index in [2.05, 4.69) is 0 Å². The van der Waals surface area contributed by atoms with Crippen molar-refractivity contribution in [2.45, 2.75) is 24.3 Å². The number of halogens is 1. The number of hydrogen-bond donors (Lipinski definition) is 0. The predicted octanol–water partition coefficient (Wildman–Crippen LogP) is 2.78. The van der Waals surface area contributed by atoms with Crippen LogP contribution in [0.3, 0.4) is 0 Å². The number of carbonyl (C=O) groups is 1. The maximum Gasteiger partial charge on any atom is 0.267 e. The molecule has 2 aromatic carbocycles. The van der Waals surface area contributed by atoms with Gasteiger partial charge in [0.05, 0.1) is 17.4 Å². The van der Waals surface area contributed by atoms with Crippen molar-refractivity contribution in [3.8, 4) is 0 Å². The molecule has 0 N–H and O–H groups in total. The molecule has 1 aliphatic rings. The van der Waals surface area contributed by atoms with Gasteiger partial charge in [0, 0.05) is 13.5 Å². The van der Waals surface area contributed by atoms with Crippen LogP contribution in [-0.2, 0) is 14.8 Å². The molecule has 1 atom stereocenters. The van der Waals surface area contributed by atoms with Crippen LogP contribution in [0.25, 0.3) is 0 Å². The monoisotopic (exact) mass is 348 g/mol. The smallest absolute Gasteiger partial charge is 0.267 e. The van der Waals surface area contributed by atoms with E-state index in [1.54, 1.807) is 38.2 Å². The summed E-state index contributed by atoms with van der Waals surface area (Å²) < 4.78 is 41.5. The van der Waals surface area contributed by atoms with Gasteiger partial charge in [-0.25, -0.2) is 12.8 Å². The van der Waals surface area contributed by atoms with Crippen LogP contribution < -0.4 is 9.21 Å². The lowest BCUT2D eigenvalue weighted by atomic mass is 10.2. The zero-order valence-corrected chi connectivity index (χ0v) is 14.1. The van der Waals surface area contributed by atoms with Gasteiger partial charge in [0.15, 0.2) is 0 Å². The Hall–Kier alpha value is -2.41. The first-order valence-electron chi connectivity index (χ1n) is 7.48. The number of nitrogens with zero attached hydrogens (tertiary/aromatic N) is 2. The molecule has 2 aromatic rings. The van der Waals surface area contributed by atoms with E-state index in [4.69, 9.17) is 0 Å². The van der Waals surface area contributed by atoms with Gasteiger partial charge in [-0.1, -0.05) is 24.3 Å². The summed E-state index contributed by atoms with van der Waals surface area (Å²) >= 11 is 0. The normalized spacial score (nSPS) is 18.3. The molecule has 0 bridgehead atoms. The number of rotatable bonds is 2. The maximum absolute atomic E-state index is 14.1. The highest BCUT2D eigenvalue weighted by Crippen LogP contribution is 2.38. The Morgan fingerprint density at radius 1 is 1.04 bits per heavy atom. The van der Waals surface area contributed by atoms with E-state index in [-0.39, 0.29) is 12.3 Å². The number of carbonyl (C=O) groups excluding carboxylic acids is 1. The molecular formula is C17H17FN2O3S. The Bertz CT molecular complexity index is 898. The fraction of sp³-hybridized carbons (Fsp3) is 0.235. The summed E-state index contributed by atoms with van der Waals surface area (Å²) in [6.07, 6.45) is 0.0128. The topological polar surface area (TPSA) is 57.7 Å². The Kier molecular flexibility index (Phi) is 4.04. The number of fused-ring (bicyclic) bond motifs is 1. The van der Waals surface area contributed by atoms with Crippen molar-refractivity contribution in [1.29, 1.82) is 0 Å². The van der Waals surface area contributed by atoms with E-state index < -0.39 is 26.8 Å². The third kappa shape index (κ3) is 2.54. The average Bonchev–Trinajstić information content (AvgIpc) is 2.63. The van der Waals surface area contributed by atoms with Gasteiger partial charge in [-0.15, -0.1) is 0 Å². The Labute approximate surface area is 140 Å². The van der Waals surface area contributed by atoms with Crippen molar-refractivity contribution < 1.29 is 17.6 Å². The first kappa shape index (κ1) is 16.4. The lowest BCUT2D eigenvalue weighted by Crippen LogP contribution is -2.39. The van der Waals surface area contributed by atoms with Crippen molar-refractivity contribution in [2.24, 2.45) is 0 Å². The second-order valence-electron chi connectivity index (χ2n) is 5.73. The largest absolute Gasteiger partial charge is 0.313 e. The van der Waals surface area contributed by atoms with Crippen LogP contribution in [0.4, 0.5) is 15.8 Å². The molecule has 0 unspecified atom stereocenters. The lowest BCUT2D eigenvalue weighted by molar-refractivity contribution is -0.118. The van der Waals surface area contributed by atoms with Gasteiger partial charge in [-0.05, 0) is 31.2 Å². The van der Waals surface area contributed by atoms with Crippen molar-refractivity contribution in [2.75, 3.05) is 16.3 Å². The van der Waals surface area contributed by atoms with Crippen LogP contribution in [0.15, 0.2) is 53.4 Å². The number of hydrogen-bond acceptors (Lipinski definition) is 3. The molecule has 0 radical (unpaired) electrons. The van der Waals surface area contributed by atoms with Gasteiger partial charge in [0.1, 0.15) is 10.7 Å². The summed E-state index contributed by atoms with van der Waals surface area (Å²) in [5.41, 5.74) is 0.841. The zero-order valence-electron chi connectivity index (χ0n) is 13.3. The first-order chi connectivity index (χ1) is 11.3. The van der Waals surface area contributed by atoms with Crippen LogP contribution in [0.2, 0.25) is 0 Å². The van der Waals surface area contributed by atoms with E-state index >= 15 is 0 Å². The quantitative estimate of drug-likeness (QED) is 0.838. The van der Waals surface area contributed by atoms with Crippen LogP contribution in [0, 0.1) is 5.82 Å². The molecule has 1 heterocycles. The minimum absolute atomic E-state index is 0.0128. The van der Waals surface area contributed by atoms with E-state index in [1.807, 2.05) is 0 Å². The van der Waals surface area contributed by atoms with E-state index in [9.17, 15) is 17.6 Å². The summed E-state index contributed by atoms with van der Waals surface area (Å²) in [7, 11) is -2.54. The van der Waals surface area contributed by atoms with Crippen LogP contribution in [0.5, 0.6) is 0 Å². The molecule has 0 fully saturated rings. The number of benzene rings is 2. The van der Waals surface area contributed by atoms with E-state index in [0.717, 1.165) is 10.4 Å².